The minimum Gasteiger partial charge on any atom is -0.507 e. The van der Waals surface area contributed by atoms with E-state index in [1.54, 1.807) is 0 Å². The van der Waals surface area contributed by atoms with E-state index in [1.165, 1.54) is 29.5 Å². The Morgan fingerprint density at radius 2 is 2.10 bits per heavy atom. The van der Waals surface area contributed by atoms with Crippen LogP contribution in [0.15, 0.2) is 36.4 Å². The van der Waals surface area contributed by atoms with Crippen molar-refractivity contribution in [2.75, 3.05) is 5.32 Å². The first-order chi connectivity index (χ1) is 10.0. The number of amides is 1. The zero-order valence-electron chi connectivity index (χ0n) is 11.1. The molecule has 2 N–H and O–H groups in total. The first-order valence-corrected chi connectivity index (χ1v) is 7.39. The van der Waals surface area contributed by atoms with Gasteiger partial charge in [0.05, 0.1) is 15.8 Å². The van der Waals surface area contributed by atoms with Gasteiger partial charge in [0.1, 0.15) is 5.75 Å². The van der Waals surface area contributed by atoms with Gasteiger partial charge in [-0.3, -0.25) is 10.1 Å². The smallest absolute Gasteiger partial charge is 0.261 e. The van der Waals surface area contributed by atoms with Gasteiger partial charge in [-0.15, -0.1) is 0 Å². The summed E-state index contributed by atoms with van der Waals surface area (Å²) in [6.45, 7) is 1.99. The number of fused-ring (bicyclic) bond motifs is 1. The van der Waals surface area contributed by atoms with E-state index in [4.69, 9.17) is 11.6 Å². The normalized spacial score (nSPS) is 10.8. The van der Waals surface area contributed by atoms with Crippen LogP contribution in [0.5, 0.6) is 5.75 Å². The van der Waals surface area contributed by atoms with E-state index in [1.807, 2.05) is 25.1 Å². The number of aryl methyl sites for hydroxylation is 1. The lowest BCUT2D eigenvalue weighted by Gasteiger charge is -2.04. The number of nitrogens with zero attached hydrogens (tertiary/aromatic N) is 1. The van der Waals surface area contributed by atoms with E-state index in [-0.39, 0.29) is 11.3 Å². The van der Waals surface area contributed by atoms with Gasteiger partial charge in [0.25, 0.3) is 5.91 Å². The third-order valence-electron chi connectivity index (χ3n) is 2.97. The van der Waals surface area contributed by atoms with Crippen LogP contribution in [0.2, 0.25) is 5.02 Å². The molecule has 2 aromatic carbocycles. The number of carbonyl (C=O) groups excluding carboxylic acids is 1. The topological polar surface area (TPSA) is 62.2 Å². The number of aromatic hydroxyl groups is 1. The summed E-state index contributed by atoms with van der Waals surface area (Å²) in [5, 5.41) is 13.3. The summed E-state index contributed by atoms with van der Waals surface area (Å²) >= 11 is 7.22. The maximum absolute atomic E-state index is 12.2. The zero-order valence-corrected chi connectivity index (χ0v) is 12.6. The number of rotatable bonds is 2. The largest absolute Gasteiger partial charge is 0.507 e. The summed E-state index contributed by atoms with van der Waals surface area (Å²) in [5.74, 6) is -0.556. The van der Waals surface area contributed by atoms with Crippen LogP contribution in [-0.2, 0) is 0 Å². The Hall–Kier alpha value is -2.11. The van der Waals surface area contributed by atoms with Crippen molar-refractivity contribution in [2.45, 2.75) is 6.92 Å². The van der Waals surface area contributed by atoms with Crippen LogP contribution in [0.1, 0.15) is 15.9 Å². The van der Waals surface area contributed by atoms with Crippen LogP contribution >= 0.6 is 22.9 Å². The van der Waals surface area contributed by atoms with Crippen LogP contribution in [0.4, 0.5) is 5.13 Å². The van der Waals surface area contributed by atoms with Crippen molar-refractivity contribution in [2.24, 2.45) is 0 Å². The summed E-state index contributed by atoms with van der Waals surface area (Å²) in [6, 6.07) is 10.2. The molecular weight excluding hydrogens is 308 g/mol. The second-order valence-corrected chi connectivity index (χ2v) is 6.07. The van der Waals surface area contributed by atoms with Gasteiger partial charge in [-0.2, -0.15) is 0 Å². The number of phenols is 1. The molecule has 1 amide bonds. The Bertz CT molecular complexity index is 845. The average Bonchev–Trinajstić information content (AvgIpc) is 2.82. The standard InChI is InChI=1S/C15H11ClN2O2S/c1-8-2-5-13-11(6-8)17-15(21-13)18-14(20)10-7-9(16)3-4-12(10)19/h2-7,19H,1H3,(H,17,18,20). The molecule has 4 nitrogen and oxygen atoms in total. The van der Waals surface area contributed by atoms with Crippen molar-refractivity contribution in [3.8, 4) is 5.75 Å². The number of hydrogen-bond donors (Lipinski definition) is 2. The Morgan fingerprint density at radius 3 is 2.90 bits per heavy atom. The molecule has 3 aromatic rings. The van der Waals surface area contributed by atoms with Crippen molar-refractivity contribution in [3.05, 3.63) is 52.5 Å². The molecule has 0 bridgehead atoms. The van der Waals surface area contributed by atoms with E-state index in [0.29, 0.717) is 10.2 Å². The summed E-state index contributed by atoms with van der Waals surface area (Å²) in [4.78, 5) is 16.5. The number of phenolic OH excluding ortho intramolecular Hbond substituents is 1. The van der Waals surface area contributed by atoms with E-state index < -0.39 is 5.91 Å². The molecule has 1 heterocycles. The Labute approximate surface area is 130 Å². The minimum atomic E-state index is -0.439. The first kappa shape index (κ1) is 13.9. The zero-order chi connectivity index (χ0) is 15.0. The number of nitrogens with one attached hydrogen (secondary N) is 1. The monoisotopic (exact) mass is 318 g/mol. The maximum atomic E-state index is 12.2. The van der Waals surface area contributed by atoms with Crippen LogP contribution in [0.25, 0.3) is 10.2 Å². The summed E-state index contributed by atoms with van der Waals surface area (Å²) in [6.07, 6.45) is 0. The molecule has 0 aliphatic carbocycles. The van der Waals surface area contributed by atoms with Crippen LogP contribution in [0, 0.1) is 6.92 Å². The lowest BCUT2D eigenvalue weighted by molar-refractivity contribution is 0.102. The molecule has 0 aliphatic heterocycles. The highest BCUT2D eigenvalue weighted by Gasteiger charge is 2.14. The Morgan fingerprint density at radius 1 is 1.29 bits per heavy atom. The molecule has 0 aliphatic rings. The van der Waals surface area contributed by atoms with Gasteiger partial charge in [0.15, 0.2) is 5.13 Å². The highest BCUT2D eigenvalue weighted by molar-refractivity contribution is 7.22. The van der Waals surface area contributed by atoms with E-state index in [0.717, 1.165) is 15.8 Å². The molecule has 21 heavy (non-hydrogen) atoms. The molecule has 1 aromatic heterocycles. The molecule has 6 heteroatoms. The third kappa shape index (κ3) is 2.84. The van der Waals surface area contributed by atoms with E-state index in [2.05, 4.69) is 10.3 Å². The number of aromatic nitrogens is 1. The number of thiazole rings is 1. The molecule has 0 radical (unpaired) electrons. The van der Waals surface area contributed by atoms with Crippen LogP contribution in [-0.4, -0.2) is 16.0 Å². The molecule has 0 spiro atoms. The predicted molar refractivity (Wildman–Crippen MR) is 85.4 cm³/mol. The fourth-order valence-corrected chi connectivity index (χ4v) is 2.96. The van der Waals surface area contributed by atoms with E-state index >= 15 is 0 Å². The summed E-state index contributed by atoms with van der Waals surface area (Å²) in [7, 11) is 0. The lowest BCUT2D eigenvalue weighted by Crippen LogP contribution is -2.11. The SMILES string of the molecule is Cc1ccc2sc(NC(=O)c3cc(Cl)ccc3O)nc2c1. The van der Waals surface area contributed by atoms with E-state index in [9.17, 15) is 9.90 Å². The predicted octanol–water partition coefficient (Wildman–Crippen LogP) is 4.22. The molecule has 0 saturated heterocycles. The fourth-order valence-electron chi connectivity index (χ4n) is 1.95. The summed E-state index contributed by atoms with van der Waals surface area (Å²) < 4.78 is 0.992. The van der Waals surface area contributed by atoms with Gasteiger partial charge < -0.3 is 5.11 Å². The molecule has 0 fully saturated rings. The van der Waals surface area contributed by atoms with Crippen molar-refractivity contribution in [1.82, 2.24) is 4.98 Å². The lowest BCUT2D eigenvalue weighted by atomic mass is 10.2. The molecule has 0 unspecified atom stereocenters. The fraction of sp³-hybridized carbons (Fsp3) is 0.0667. The number of benzene rings is 2. The molecular formula is C15H11ClN2O2S. The van der Waals surface area contributed by atoms with Crippen molar-refractivity contribution < 1.29 is 9.90 Å². The minimum absolute atomic E-state index is 0.117. The van der Waals surface area contributed by atoms with Crippen molar-refractivity contribution in [1.29, 1.82) is 0 Å². The van der Waals surface area contributed by atoms with Gasteiger partial charge in [0, 0.05) is 5.02 Å². The Kier molecular flexibility index (Phi) is 3.53. The molecule has 106 valence electrons. The third-order valence-corrected chi connectivity index (χ3v) is 4.15. The van der Waals surface area contributed by atoms with Gasteiger partial charge in [-0.1, -0.05) is 29.0 Å². The summed E-state index contributed by atoms with van der Waals surface area (Å²) in [5.41, 5.74) is 2.07. The average molecular weight is 319 g/mol. The number of hydrogen-bond acceptors (Lipinski definition) is 4. The number of anilines is 1. The molecule has 0 saturated carbocycles. The first-order valence-electron chi connectivity index (χ1n) is 6.20. The van der Waals surface area contributed by atoms with Gasteiger partial charge in [-0.25, -0.2) is 4.98 Å². The highest BCUT2D eigenvalue weighted by atomic mass is 35.5. The maximum Gasteiger partial charge on any atom is 0.261 e. The van der Waals surface area contributed by atoms with Crippen LogP contribution < -0.4 is 5.32 Å². The molecule has 0 atom stereocenters. The highest BCUT2D eigenvalue weighted by Crippen LogP contribution is 2.28. The van der Waals surface area contributed by atoms with Crippen LogP contribution in [0.3, 0.4) is 0 Å². The number of carbonyl (C=O) groups is 1. The number of halogens is 1. The van der Waals surface area contributed by atoms with Gasteiger partial charge in [0.2, 0.25) is 0 Å². The molecule has 3 rings (SSSR count). The van der Waals surface area contributed by atoms with Gasteiger partial charge in [-0.05, 0) is 42.8 Å². The quantitative estimate of drug-likeness (QED) is 0.743. The van der Waals surface area contributed by atoms with Gasteiger partial charge >= 0.3 is 0 Å². The van der Waals surface area contributed by atoms with Crippen molar-refractivity contribution in [3.63, 3.8) is 0 Å². The van der Waals surface area contributed by atoms with Crippen molar-refractivity contribution >= 4 is 44.2 Å². The second kappa shape index (κ2) is 5.35. The Balaban J connectivity index is 1.90. The second-order valence-electron chi connectivity index (χ2n) is 4.61.